The normalized spacial score (nSPS) is 12.4. The first-order valence-corrected chi connectivity index (χ1v) is 6.40. The molecule has 2 aromatic rings. The van der Waals surface area contributed by atoms with Gasteiger partial charge in [0.25, 0.3) is 0 Å². The highest BCUT2D eigenvalue weighted by atomic mass is 16.5. The highest BCUT2D eigenvalue weighted by molar-refractivity contribution is 5.30. The maximum atomic E-state index is 5.55. The Morgan fingerprint density at radius 1 is 1.37 bits per heavy atom. The van der Waals surface area contributed by atoms with Crippen molar-refractivity contribution in [2.75, 3.05) is 7.11 Å². The summed E-state index contributed by atoms with van der Waals surface area (Å²) in [6.45, 7) is 6.61. The SMILES string of the molecule is COc1cccc([C@H](C)NCc2nc(C)c(C)o2)c1. The number of rotatable bonds is 5. The number of methoxy groups -OCH3 is 1. The Labute approximate surface area is 113 Å². The second kappa shape index (κ2) is 5.89. The zero-order valence-corrected chi connectivity index (χ0v) is 11.9. The molecule has 0 aliphatic heterocycles. The van der Waals surface area contributed by atoms with Gasteiger partial charge in [0.15, 0.2) is 0 Å². The lowest BCUT2D eigenvalue weighted by atomic mass is 10.1. The quantitative estimate of drug-likeness (QED) is 0.897. The minimum Gasteiger partial charge on any atom is -0.497 e. The summed E-state index contributed by atoms with van der Waals surface area (Å²) in [6, 6.07) is 8.25. The molecule has 1 N–H and O–H groups in total. The van der Waals surface area contributed by atoms with Gasteiger partial charge in [-0.3, -0.25) is 0 Å². The zero-order valence-electron chi connectivity index (χ0n) is 11.9. The molecule has 1 atom stereocenters. The second-order valence-corrected chi connectivity index (χ2v) is 4.63. The van der Waals surface area contributed by atoms with Crippen molar-refractivity contribution < 1.29 is 9.15 Å². The van der Waals surface area contributed by atoms with E-state index >= 15 is 0 Å². The van der Waals surface area contributed by atoms with E-state index < -0.39 is 0 Å². The van der Waals surface area contributed by atoms with Gasteiger partial charge < -0.3 is 14.5 Å². The fourth-order valence-electron chi connectivity index (χ4n) is 1.88. The number of oxazole rings is 1. The van der Waals surface area contributed by atoms with E-state index in [1.165, 1.54) is 5.56 Å². The topological polar surface area (TPSA) is 47.3 Å². The molecule has 0 radical (unpaired) electrons. The van der Waals surface area contributed by atoms with Crippen LogP contribution < -0.4 is 10.1 Å². The molecule has 0 saturated heterocycles. The van der Waals surface area contributed by atoms with Crippen LogP contribution in [0.2, 0.25) is 0 Å². The predicted octanol–water partition coefficient (Wildman–Crippen LogP) is 3.15. The third-order valence-corrected chi connectivity index (χ3v) is 3.23. The monoisotopic (exact) mass is 260 g/mol. The standard InChI is InChI=1S/C15H20N2O2/c1-10-12(3)19-15(17-10)9-16-11(2)13-6-5-7-14(8-13)18-4/h5-8,11,16H,9H2,1-4H3/t11-/m0/s1. The summed E-state index contributed by atoms with van der Waals surface area (Å²) in [7, 11) is 1.68. The molecule has 1 aromatic heterocycles. The first-order valence-electron chi connectivity index (χ1n) is 6.40. The highest BCUT2D eigenvalue weighted by Crippen LogP contribution is 2.19. The maximum Gasteiger partial charge on any atom is 0.208 e. The highest BCUT2D eigenvalue weighted by Gasteiger charge is 2.09. The summed E-state index contributed by atoms with van der Waals surface area (Å²) in [6.07, 6.45) is 0. The zero-order chi connectivity index (χ0) is 13.8. The summed E-state index contributed by atoms with van der Waals surface area (Å²) in [5.41, 5.74) is 2.13. The Bertz CT molecular complexity index is 529. The third-order valence-electron chi connectivity index (χ3n) is 3.23. The van der Waals surface area contributed by atoms with Gasteiger partial charge in [-0.25, -0.2) is 4.98 Å². The van der Waals surface area contributed by atoms with E-state index in [1.807, 2.05) is 32.0 Å². The Balaban J connectivity index is 1.98. The van der Waals surface area contributed by atoms with Crippen LogP contribution in [0.4, 0.5) is 0 Å². The van der Waals surface area contributed by atoms with E-state index in [-0.39, 0.29) is 6.04 Å². The van der Waals surface area contributed by atoms with Gasteiger partial charge >= 0.3 is 0 Å². The molecule has 19 heavy (non-hydrogen) atoms. The van der Waals surface area contributed by atoms with Crippen LogP contribution in [-0.4, -0.2) is 12.1 Å². The van der Waals surface area contributed by atoms with Crippen LogP contribution in [0.25, 0.3) is 0 Å². The van der Waals surface area contributed by atoms with Crippen molar-refractivity contribution in [2.45, 2.75) is 33.4 Å². The lowest BCUT2D eigenvalue weighted by Crippen LogP contribution is -2.18. The fraction of sp³-hybridized carbons (Fsp3) is 0.400. The predicted molar refractivity (Wildman–Crippen MR) is 74.2 cm³/mol. The molecular weight excluding hydrogens is 240 g/mol. The smallest absolute Gasteiger partial charge is 0.208 e. The summed E-state index contributed by atoms with van der Waals surface area (Å²) in [5, 5.41) is 3.40. The van der Waals surface area contributed by atoms with Gasteiger partial charge in [0.2, 0.25) is 5.89 Å². The average Bonchev–Trinajstić information content (AvgIpc) is 2.75. The summed E-state index contributed by atoms with van der Waals surface area (Å²) in [5.74, 6) is 2.48. The van der Waals surface area contributed by atoms with Crippen LogP contribution in [0.15, 0.2) is 28.7 Å². The van der Waals surface area contributed by atoms with Crippen LogP contribution in [0, 0.1) is 13.8 Å². The number of nitrogens with one attached hydrogen (secondary N) is 1. The van der Waals surface area contributed by atoms with Crippen molar-refractivity contribution in [3.8, 4) is 5.75 Å². The molecule has 0 aliphatic carbocycles. The molecule has 4 nitrogen and oxygen atoms in total. The van der Waals surface area contributed by atoms with E-state index in [9.17, 15) is 0 Å². The van der Waals surface area contributed by atoms with Crippen molar-refractivity contribution >= 4 is 0 Å². The van der Waals surface area contributed by atoms with Crippen molar-refractivity contribution in [2.24, 2.45) is 0 Å². The molecule has 0 unspecified atom stereocenters. The molecule has 0 amide bonds. The van der Waals surface area contributed by atoms with Gasteiger partial charge in [-0.1, -0.05) is 12.1 Å². The van der Waals surface area contributed by atoms with E-state index in [0.717, 1.165) is 23.1 Å². The Hall–Kier alpha value is -1.81. The Morgan fingerprint density at radius 3 is 2.79 bits per heavy atom. The number of nitrogens with zero attached hydrogens (tertiary/aromatic N) is 1. The fourth-order valence-corrected chi connectivity index (χ4v) is 1.88. The average molecular weight is 260 g/mol. The number of aromatic nitrogens is 1. The number of hydrogen-bond donors (Lipinski definition) is 1. The van der Waals surface area contributed by atoms with Gasteiger partial charge in [0.05, 0.1) is 19.3 Å². The largest absolute Gasteiger partial charge is 0.497 e. The first kappa shape index (κ1) is 13.6. The molecule has 0 fully saturated rings. The molecule has 0 spiro atoms. The minimum absolute atomic E-state index is 0.211. The molecular formula is C15H20N2O2. The van der Waals surface area contributed by atoms with Crippen LogP contribution >= 0.6 is 0 Å². The number of ether oxygens (including phenoxy) is 1. The van der Waals surface area contributed by atoms with E-state index in [4.69, 9.17) is 9.15 Å². The number of hydrogen-bond acceptors (Lipinski definition) is 4. The Kier molecular flexibility index (Phi) is 4.22. The van der Waals surface area contributed by atoms with Gasteiger partial charge in [-0.15, -0.1) is 0 Å². The summed E-state index contributed by atoms with van der Waals surface area (Å²) < 4.78 is 10.8. The van der Waals surface area contributed by atoms with Gasteiger partial charge in [-0.2, -0.15) is 0 Å². The van der Waals surface area contributed by atoms with E-state index in [1.54, 1.807) is 7.11 Å². The van der Waals surface area contributed by atoms with Crippen molar-refractivity contribution in [1.29, 1.82) is 0 Å². The van der Waals surface area contributed by atoms with Gasteiger partial charge in [0.1, 0.15) is 11.5 Å². The van der Waals surface area contributed by atoms with Gasteiger partial charge in [-0.05, 0) is 38.5 Å². The maximum absolute atomic E-state index is 5.55. The second-order valence-electron chi connectivity index (χ2n) is 4.63. The summed E-state index contributed by atoms with van der Waals surface area (Å²) in [4.78, 5) is 4.36. The van der Waals surface area contributed by atoms with Crippen molar-refractivity contribution in [3.63, 3.8) is 0 Å². The molecule has 102 valence electrons. The van der Waals surface area contributed by atoms with Crippen molar-refractivity contribution in [1.82, 2.24) is 10.3 Å². The van der Waals surface area contributed by atoms with Crippen molar-refractivity contribution in [3.05, 3.63) is 47.2 Å². The van der Waals surface area contributed by atoms with E-state index in [2.05, 4.69) is 23.3 Å². The molecule has 0 saturated carbocycles. The Morgan fingerprint density at radius 2 is 2.16 bits per heavy atom. The van der Waals surface area contributed by atoms with Crippen LogP contribution in [-0.2, 0) is 6.54 Å². The molecule has 1 aromatic carbocycles. The molecule has 0 bridgehead atoms. The third kappa shape index (κ3) is 3.35. The molecule has 1 heterocycles. The lowest BCUT2D eigenvalue weighted by molar-refractivity contribution is 0.411. The molecule has 2 rings (SSSR count). The van der Waals surface area contributed by atoms with Gasteiger partial charge in [0, 0.05) is 6.04 Å². The van der Waals surface area contributed by atoms with E-state index in [0.29, 0.717) is 6.54 Å². The molecule has 0 aliphatic rings. The molecule has 4 heteroatoms. The van der Waals surface area contributed by atoms with Crippen LogP contribution in [0.5, 0.6) is 5.75 Å². The lowest BCUT2D eigenvalue weighted by Gasteiger charge is -2.13. The van der Waals surface area contributed by atoms with Crippen LogP contribution in [0.3, 0.4) is 0 Å². The first-order chi connectivity index (χ1) is 9.10. The van der Waals surface area contributed by atoms with Crippen LogP contribution in [0.1, 0.15) is 35.9 Å². The number of aryl methyl sites for hydroxylation is 2. The number of benzene rings is 1. The summed E-state index contributed by atoms with van der Waals surface area (Å²) >= 11 is 0. The minimum atomic E-state index is 0.211.